The maximum Gasteiger partial charge on any atom is 0.253 e. The minimum Gasteiger partial charge on any atom is -0.338 e. The van der Waals surface area contributed by atoms with Crippen molar-refractivity contribution in [1.29, 1.82) is 5.26 Å². The van der Waals surface area contributed by atoms with Crippen molar-refractivity contribution in [1.82, 2.24) is 9.80 Å². The zero-order chi connectivity index (χ0) is 21.4. The largest absolute Gasteiger partial charge is 0.338 e. The molecule has 2 saturated heterocycles. The topological polar surface area (TPSA) is 98.5 Å². The Kier molecular flexibility index (Phi) is 5.08. The minimum absolute atomic E-state index is 0.178. The number of carbonyl (C=O) groups is 2. The first kappa shape index (κ1) is 20.1. The molecule has 2 heterocycles. The summed E-state index contributed by atoms with van der Waals surface area (Å²) in [5, 5.41) is 9.05. The lowest BCUT2D eigenvalue weighted by Gasteiger charge is -2.43. The summed E-state index contributed by atoms with van der Waals surface area (Å²) in [7, 11) is -3.66. The molecule has 1 spiro atoms. The summed E-state index contributed by atoms with van der Waals surface area (Å²) in [5.74, 6) is -1.11. The third kappa shape index (κ3) is 3.35. The summed E-state index contributed by atoms with van der Waals surface area (Å²) in [6.07, 6.45) is 0.356. The van der Waals surface area contributed by atoms with Crippen LogP contribution in [0.25, 0.3) is 0 Å². The van der Waals surface area contributed by atoms with Crippen molar-refractivity contribution >= 4 is 21.7 Å². The molecule has 0 N–H and O–H groups in total. The van der Waals surface area contributed by atoms with Crippen molar-refractivity contribution in [2.75, 3.05) is 18.8 Å². The SMILES string of the molecule is N#Cc1cccc(C(=O)N2CCC3(CC2)N(Cc2ccccc2)C(=O)CS3(=O)=O)c1. The summed E-state index contributed by atoms with van der Waals surface area (Å²) in [6, 6.07) is 17.8. The van der Waals surface area contributed by atoms with Gasteiger partial charge < -0.3 is 9.80 Å². The first-order valence-electron chi connectivity index (χ1n) is 9.72. The number of nitriles is 1. The van der Waals surface area contributed by atoms with Crippen LogP contribution in [0.3, 0.4) is 0 Å². The van der Waals surface area contributed by atoms with Crippen molar-refractivity contribution in [3.8, 4) is 6.07 Å². The van der Waals surface area contributed by atoms with Gasteiger partial charge in [0, 0.05) is 38.0 Å². The number of rotatable bonds is 3. The molecule has 2 aliphatic heterocycles. The van der Waals surface area contributed by atoms with Crippen LogP contribution in [0, 0.1) is 11.3 Å². The van der Waals surface area contributed by atoms with Crippen LogP contribution >= 0.6 is 0 Å². The summed E-state index contributed by atoms with van der Waals surface area (Å²) >= 11 is 0. The number of carbonyl (C=O) groups excluding carboxylic acids is 2. The number of nitrogens with zero attached hydrogens (tertiary/aromatic N) is 3. The van der Waals surface area contributed by atoms with Crippen LogP contribution in [0.4, 0.5) is 0 Å². The molecule has 2 amide bonds. The Bertz CT molecular complexity index is 1130. The van der Waals surface area contributed by atoms with Gasteiger partial charge in [0.05, 0.1) is 11.6 Å². The number of amides is 2. The second-order valence-corrected chi connectivity index (χ2v) is 9.93. The van der Waals surface area contributed by atoms with Gasteiger partial charge in [-0.25, -0.2) is 8.42 Å². The Balaban J connectivity index is 1.56. The molecule has 30 heavy (non-hydrogen) atoms. The predicted molar refractivity (Wildman–Crippen MR) is 110 cm³/mol. The van der Waals surface area contributed by atoms with Crippen molar-refractivity contribution in [3.63, 3.8) is 0 Å². The van der Waals surface area contributed by atoms with E-state index in [1.54, 1.807) is 23.1 Å². The van der Waals surface area contributed by atoms with E-state index >= 15 is 0 Å². The fourth-order valence-electron chi connectivity index (χ4n) is 4.31. The van der Waals surface area contributed by atoms with E-state index in [4.69, 9.17) is 5.26 Å². The van der Waals surface area contributed by atoms with Crippen molar-refractivity contribution < 1.29 is 18.0 Å². The highest BCUT2D eigenvalue weighted by Gasteiger charge is 2.58. The Morgan fingerprint density at radius 2 is 1.77 bits per heavy atom. The third-order valence-corrected chi connectivity index (χ3v) is 8.35. The molecule has 2 aromatic carbocycles. The standard InChI is InChI=1S/C22H21N3O4S/c23-14-18-7-4-8-19(13-18)21(27)24-11-9-22(10-12-24)25(20(26)16-30(22,28)29)15-17-5-2-1-3-6-17/h1-8,13H,9-12,15-16H2. The fourth-order valence-corrected chi connectivity index (χ4v) is 6.37. The number of hydrogen-bond donors (Lipinski definition) is 0. The van der Waals surface area contributed by atoms with Crippen LogP contribution < -0.4 is 0 Å². The van der Waals surface area contributed by atoms with Gasteiger partial charge >= 0.3 is 0 Å². The van der Waals surface area contributed by atoms with Crippen LogP contribution in [-0.4, -0.2) is 53.7 Å². The fraction of sp³-hybridized carbons (Fsp3) is 0.318. The molecule has 154 valence electrons. The zero-order valence-electron chi connectivity index (χ0n) is 16.3. The molecule has 2 aliphatic rings. The maximum atomic E-state index is 13.0. The van der Waals surface area contributed by atoms with Crippen LogP contribution in [-0.2, 0) is 21.2 Å². The number of likely N-dealkylation sites (tertiary alicyclic amines) is 1. The van der Waals surface area contributed by atoms with E-state index in [2.05, 4.69) is 0 Å². The highest BCUT2D eigenvalue weighted by molar-refractivity contribution is 7.93. The Morgan fingerprint density at radius 3 is 2.43 bits per heavy atom. The van der Waals surface area contributed by atoms with Crippen LogP contribution in [0.15, 0.2) is 54.6 Å². The van der Waals surface area contributed by atoms with Crippen molar-refractivity contribution in [2.24, 2.45) is 0 Å². The average Bonchev–Trinajstić information content (AvgIpc) is 2.94. The number of piperidine rings is 1. The summed E-state index contributed by atoms with van der Waals surface area (Å²) in [4.78, 5) is 27.3. The normalized spacial score (nSPS) is 19.6. The molecule has 4 rings (SSSR count). The molecule has 0 aromatic heterocycles. The second kappa shape index (κ2) is 7.58. The molecule has 2 fully saturated rings. The Labute approximate surface area is 175 Å². The Morgan fingerprint density at radius 1 is 1.07 bits per heavy atom. The van der Waals surface area contributed by atoms with Crippen LogP contribution in [0.5, 0.6) is 0 Å². The smallest absolute Gasteiger partial charge is 0.253 e. The van der Waals surface area contributed by atoms with E-state index in [9.17, 15) is 18.0 Å². The molecule has 0 radical (unpaired) electrons. The van der Waals surface area contributed by atoms with Gasteiger partial charge in [0.25, 0.3) is 5.91 Å². The lowest BCUT2D eigenvalue weighted by molar-refractivity contribution is -0.131. The summed E-state index contributed by atoms with van der Waals surface area (Å²) < 4.78 is 26.0. The zero-order valence-corrected chi connectivity index (χ0v) is 17.1. The highest BCUT2D eigenvalue weighted by atomic mass is 32.2. The first-order valence-corrected chi connectivity index (χ1v) is 11.4. The van der Waals surface area contributed by atoms with Crippen LogP contribution in [0.1, 0.15) is 34.3 Å². The lowest BCUT2D eigenvalue weighted by atomic mass is 10.00. The molecule has 7 nitrogen and oxygen atoms in total. The molecule has 0 atom stereocenters. The first-order chi connectivity index (χ1) is 14.4. The number of hydrogen-bond acceptors (Lipinski definition) is 5. The number of sulfone groups is 1. The van der Waals surface area contributed by atoms with Crippen LogP contribution in [0.2, 0.25) is 0 Å². The van der Waals surface area contributed by atoms with Gasteiger partial charge in [0.2, 0.25) is 5.91 Å². The summed E-state index contributed by atoms with van der Waals surface area (Å²) in [6.45, 7) is 0.692. The monoisotopic (exact) mass is 423 g/mol. The molecular formula is C22H21N3O4S. The van der Waals surface area contributed by atoms with E-state index in [1.807, 2.05) is 36.4 Å². The highest BCUT2D eigenvalue weighted by Crippen LogP contribution is 2.41. The van der Waals surface area contributed by atoms with E-state index in [0.717, 1.165) is 5.56 Å². The molecule has 0 saturated carbocycles. The lowest BCUT2D eigenvalue weighted by Crippen LogP contribution is -2.56. The Hall–Kier alpha value is -3.18. The molecule has 0 unspecified atom stereocenters. The molecule has 2 aromatic rings. The summed E-state index contributed by atoms with van der Waals surface area (Å²) in [5.41, 5.74) is 1.66. The molecule has 8 heteroatoms. The molecule has 0 bridgehead atoms. The van der Waals surface area contributed by atoms with E-state index in [-0.39, 0.29) is 44.3 Å². The van der Waals surface area contributed by atoms with Gasteiger partial charge in [-0.3, -0.25) is 9.59 Å². The van der Waals surface area contributed by atoms with Gasteiger partial charge in [-0.1, -0.05) is 36.4 Å². The average molecular weight is 423 g/mol. The van der Waals surface area contributed by atoms with E-state index < -0.39 is 20.5 Å². The van der Waals surface area contributed by atoms with Gasteiger partial charge in [0.15, 0.2) is 9.84 Å². The second-order valence-electron chi connectivity index (χ2n) is 7.66. The third-order valence-electron chi connectivity index (χ3n) is 5.94. The van der Waals surface area contributed by atoms with Gasteiger partial charge in [-0.2, -0.15) is 5.26 Å². The number of benzene rings is 2. The quantitative estimate of drug-likeness (QED) is 0.751. The van der Waals surface area contributed by atoms with E-state index in [0.29, 0.717) is 11.1 Å². The van der Waals surface area contributed by atoms with Gasteiger partial charge in [0.1, 0.15) is 10.6 Å². The van der Waals surface area contributed by atoms with E-state index in [1.165, 1.54) is 11.0 Å². The van der Waals surface area contributed by atoms with Crippen molar-refractivity contribution in [2.45, 2.75) is 24.3 Å². The van der Waals surface area contributed by atoms with Gasteiger partial charge in [-0.15, -0.1) is 0 Å². The van der Waals surface area contributed by atoms with Crippen molar-refractivity contribution in [3.05, 3.63) is 71.3 Å². The molecule has 0 aliphatic carbocycles. The maximum absolute atomic E-state index is 13.0. The molecular weight excluding hydrogens is 402 g/mol. The predicted octanol–water partition coefficient (Wildman–Crippen LogP) is 1.95. The van der Waals surface area contributed by atoms with Gasteiger partial charge in [-0.05, 0) is 23.8 Å². The minimum atomic E-state index is -3.66.